The minimum absolute atomic E-state index is 0.00463. The molecule has 0 radical (unpaired) electrons. The van der Waals surface area contributed by atoms with Gasteiger partial charge >= 0.3 is 5.97 Å². The molecule has 5 heteroatoms. The van der Waals surface area contributed by atoms with Gasteiger partial charge in [-0.2, -0.15) is 5.26 Å². The maximum absolute atomic E-state index is 10.8. The second-order valence-electron chi connectivity index (χ2n) is 2.75. The standard InChI is InChI=1S/C9H6N2O3/c10-2-3-11-6-1-4-14-8(6)5-7(11)9(12)13/h1,4-5H,3H2,(H,12,13). The molecule has 0 atom stereocenters. The van der Waals surface area contributed by atoms with Gasteiger partial charge in [0.05, 0.1) is 17.8 Å². The number of rotatable bonds is 2. The molecule has 0 spiro atoms. The Morgan fingerprint density at radius 3 is 3.14 bits per heavy atom. The van der Waals surface area contributed by atoms with Crippen molar-refractivity contribution in [2.45, 2.75) is 6.54 Å². The van der Waals surface area contributed by atoms with Crippen LogP contribution in [0.2, 0.25) is 0 Å². The molecule has 0 unspecified atom stereocenters. The third kappa shape index (κ3) is 1.05. The molecular formula is C9H6N2O3. The lowest BCUT2D eigenvalue weighted by molar-refractivity contribution is 0.0686. The van der Waals surface area contributed by atoms with Gasteiger partial charge in [-0.05, 0) is 0 Å². The van der Waals surface area contributed by atoms with Gasteiger partial charge < -0.3 is 14.1 Å². The minimum Gasteiger partial charge on any atom is -0.477 e. The van der Waals surface area contributed by atoms with Crippen LogP contribution >= 0.6 is 0 Å². The summed E-state index contributed by atoms with van der Waals surface area (Å²) in [7, 11) is 0. The third-order valence-corrected chi connectivity index (χ3v) is 1.97. The summed E-state index contributed by atoms with van der Waals surface area (Å²) in [6.07, 6.45) is 1.46. The molecule has 2 aromatic rings. The Bertz CT molecular complexity index is 530. The molecule has 0 amide bonds. The van der Waals surface area contributed by atoms with Crippen molar-refractivity contribution in [3.05, 3.63) is 24.1 Å². The first-order valence-corrected chi connectivity index (χ1v) is 3.91. The molecule has 0 fully saturated rings. The van der Waals surface area contributed by atoms with Gasteiger partial charge in [-0.15, -0.1) is 0 Å². The van der Waals surface area contributed by atoms with Crippen LogP contribution in [-0.2, 0) is 6.54 Å². The average molecular weight is 190 g/mol. The van der Waals surface area contributed by atoms with E-state index in [1.165, 1.54) is 16.9 Å². The molecule has 1 N–H and O–H groups in total. The zero-order valence-electron chi connectivity index (χ0n) is 7.10. The summed E-state index contributed by atoms with van der Waals surface area (Å²) < 4.78 is 6.45. The Balaban J connectivity index is 2.70. The van der Waals surface area contributed by atoms with Crippen molar-refractivity contribution >= 4 is 17.1 Å². The van der Waals surface area contributed by atoms with Crippen molar-refractivity contribution in [1.29, 1.82) is 5.26 Å². The number of aromatic nitrogens is 1. The number of nitrogens with zero attached hydrogens (tertiary/aromatic N) is 2. The predicted octanol–water partition coefficient (Wildman–Crippen LogP) is 1.46. The Kier molecular flexibility index (Phi) is 1.75. The number of hydrogen-bond donors (Lipinski definition) is 1. The van der Waals surface area contributed by atoms with Crippen LogP contribution in [-0.4, -0.2) is 15.6 Å². The fourth-order valence-corrected chi connectivity index (χ4v) is 1.40. The maximum atomic E-state index is 10.8. The smallest absolute Gasteiger partial charge is 0.352 e. The number of hydrogen-bond acceptors (Lipinski definition) is 3. The van der Waals surface area contributed by atoms with Crippen molar-refractivity contribution < 1.29 is 14.3 Å². The molecule has 2 aromatic heterocycles. The summed E-state index contributed by atoms with van der Waals surface area (Å²) in [6, 6.07) is 4.96. The second-order valence-corrected chi connectivity index (χ2v) is 2.75. The average Bonchev–Trinajstić information content (AvgIpc) is 2.67. The molecule has 0 saturated heterocycles. The van der Waals surface area contributed by atoms with Crippen molar-refractivity contribution in [1.82, 2.24) is 4.57 Å². The Labute approximate surface area is 78.8 Å². The molecular weight excluding hydrogens is 184 g/mol. The normalized spacial score (nSPS) is 10.2. The van der Waals surface area contributed by atoms with Crippen molar-refractivity contribution in [2.24, 2.45) is 0 Å². The number of carboxylic acids is 1. The molecule has 2 rings (SSSR count). The summed E-state index contributed by atoms with van der Waals surface area (Å²) in [5.74, 6) is -1.06. The molecule has 2 heterocycles. The lowest BCUT2D eigenvalue weighted by Crippen LogP contribution is -2.07. The first-order valence-electron chi connectivity index (χ1n) is 3.91. The van der Waals surface area contributed by atoms with E-state index in [0.717, 1.165) is 0 Å². The molecule has 0 aliphatic rings. The Morgan fingerprint density at radius 1 is 1.71 bits per heavy atom. The third-order valence-electron chi connectivity index (χ3n) is 1.97. The van der Waals surface area contributed by atoms with E-state index in [4.69, 9.17) is 14.8 Å². The summed E-state index contributed by atoms with van der Waals surface area (Å²) in [6.45, 7) is 0.00463. The highest BCUT2D eigenvalue weighted by atomic mass is 16.4. The lowest BCUT2D eigenvalue weighted by Gasteiger charge is -1.99. The number of furan rings is 1. The highest BCUT2D eigenvalue weighted by molar-refractivity contribution is 5.92. The summed E-state index contributed by atoms with van der Waals surface area (Å²) in [5.41, 5.74) is 1.18. The number of aromatic carboxylic acids is 1. The number of fused-ring (bicyclic) bond motifs is 1. The van der Waals surface area contributed by atoms with Crippen LogP contribution in [0.4, 0.5) is 0 Å². The molecule has 0 aliphatic heterocycles. The molecule has 0 saturated carbocycles. The predicted molar refractivity (Wildman–Crippen MR) is 46.8 cm³/mol. The van der Waals surface area contributed by atoms with E-state index in [1.807, 2.05) is 6.07 Å². The Hall–Kier alpha value is -2.22. The molecule has 14 heavy (non-hydrogen) atoms. The Morgan fingerprint density at radius 2 is 2.50 bits per heavy atom. The minimum atomic E-state index is -1.06. The van der Waals surface area contributed by atoms with Gasteiger partial charge in [-0.25, -0.2) is 4.79 Å². The number of carbonyl (C=O) groups is 1. The fraction of sp³-hybridized carbons (Fsp3) is 0.111. The van der Waals surface area contributed by atoms with Crippen LogP contribution in [0.25, 0.3) is 11.1 Å². The topological polar surface area (TPSA) is 79.2 Å². The van der Waals surface area contributed by atoms with E-state index < -0.39 is 5.97 Å². The number of carboxylic acid groups (broad SMARTS) is 1. The highest BCUT2D eigenvalue weighted by Crippen LogP contribution is 2.20. The monoisotopic (exact) mass is 190 g/mol. The lowest BCUT2D eigenvalue weighted by atomic mass is 10.4. The van der Waals surface area contributed by atoms with Crippen LogP contribution < -0.4 is 0 Å². The van der Waals surface area contributed by atoms with Gasteiger partial charge in [-0.3, -0.25) is 0 Å². The van der Waals surface area contributed by atoms with Crippen molar-refractivity contribution in [2.75, 3.05) is 0 Å². The van der Waals surface area contributed by atoms with Crippen LogP contribution in [0.1, 0.15) is 10.5 Å². The second kappa shape index (κ2) is 2.92. The molecule has 5 nitrogen and oxygen atoms in total. The van der Waals surface area contributed by atoms with Gasteiger partial charge in [0.1, 0.15) is 12.2 Å². The maximum Gasteiger partial charge on any atom is 0.352 e. The van der Waals surface area contributed by atoms with Crippen LogP contribution in [0.3, 0.4) is 0 Å². The van der Waals surface area contributed by atoms with Gasteiger partial charge in [0.2, 0.25) is 0 Å². The molecule has 70 valence electrons. The van der Waals surface area contributed by atoms with Crippen molar-refractivity contribution in [3.8, 4) is 6.07 Å². The van der Waals surface area contributed by atoms with E-state index in [1.54, 1.807) is 6.07 Å². The van der Waals surface area contributed by atoms with Crippen LogP contribution in [0.15, 0.2) is 22.8 Å². The SMILES string of the molecule is N#CCn1c(C(=O)O)cc2occc21. The first kappa shape index (κ1) is 8.38. The zero-order chi connectivity index (χ0) is 10.1. The van der Waals surface area contributed by atoms with Gasteiger partial charge in [0.25, 0.3) is 0 Å². The fourth-order valence-electron chi connectivity index (χ4n) is 1.40. The van der Waals surface area contributed by atoms with Crippen molar-refractivity contribution in [3.63, 3.8) is 0 Å². The van der Waals surface area contributed by atoms with Gasteiger partial charge in [0.15, 0.2) is 5.58 Å². The molecule has 0 bridgehead atoms. The van der Waals surface area contributed by atoms with E-state index in [0.29, 0.717) is 11.1 Å². The largest absolute Gasteiger partial charge is 0.477 e. The molecule has 0 aromatic carbocycles. The summed E-state index contributed by atoms with van der Waals surface area (Å²) >= 11 is 0. The quantitative estimate of drug-likeness (QED) is 0.777. The number of nitriles is 1. The van der Waals surface area contributed by atoms with Crippen LogP contribution in [0, 0.1) is 11.3 Å². The first-order chi connectivity index (χ1) is 6.74. The van der Waals surface area contributed by atoms with E-state index in [2.05, 4.69) is 0 Å². The highest BCUT2D eigenvalue weighted by Gasteiger charge is 2.15. The summed E-state index contributed by atoms with van der Waals surface area (Å²) in [4.78, 5) is 10.8. The van der Waals surface area contributed by atoms with E-state index in [-0.39, 0.29) is 12.2 Å². The van der Waals surface area contributed by atoms with Gasteiger partial charge in [-0.1, -0.05) is 0 Å². The summed E-state index contributed by atoms with van der Waals surface area (Å²) in [5, 5.41) is 17.4. The van der Waals surface area contributed by atoms with Gasteiger partial charge in [0, 0.05) is 12.1 Å². The van der Waals surface area contributed by atoms with E-state index in [9.17, 15) is 4.79 Å². The van der Waals surface area contributed by atoms with Crippen LogP contribution in [0.5, 0.6) is 0 Å². The van der Waals surface area contributed by atoms with E-state index >= 15 is 0 Å². The zero-order valence-corrected chi connectivity index (χ0v) is 7.10. The molecule has 0 aliphatic carbocycles.